The Hall–Kier alpha value is -1.25. The van der Waals surface area contributed by atoms with Crippen molar-refractivity contribution in [2.75, 3.05) is 5.75 Å². The van der Waals surface area contributed by atoms with Gasteiger partial charge in [-0.3, -0.25) is 0 Å². The second-order valence-electron chi connectivity index (χ2n) is 5.49. The number of benzene rings is 2. The van der Waals surface area contributed by atoms with Gasteiger partial charge in [-0.2, -0.15) is 11.8 Å². The molecule has 0 heterocycles. The molecular weight excluding hydrogens is 262 g/mol. The third-order valence-corrected chi connectivity index (χ3v) is 5.03. The fourth-order valence-electron chi connectivity index (χ4n) is 2.20. The summed E-state index contributed by atoms with van der Waals surface area (Å²) in [5.74, 6) is 1.80. The van der Waals surface area contributed by atoms with Gasteiger partial charge in [0.05, 0.1) is 0 Å². The van der Waals surface area contributed by atoms with Crippen LogP contribution in [0.1, 0.15) is 36.3 Å². The van der Waals surface area contributed by atoms with E-state index in [2.05, 4.69) is 68.4 Å². The molecular formula is C18H23NS. The second kappa shape index (κ2) is 7.51. The lowest BCUT2D eigenvalue weighted by molar-refractivity contribution is 0.694. The number of thioether (sulfide) groups is 1. The van der Waals surface area contributed by atoms with E-state index in [0.29, 0.717) is 11.2 Å². The van der Waals surface area contributed by atoms with Gasteiger partial charge in [0.25, 0.3) is 0 Å². The molecule has 0 aliphatic carbocycles. The Balaban J connectivity index is 2.22. The number of nitrogens with two attached hydrogens (primary N) is 1. The van der Waals surface area contributed by atoms with E-state index in [4.69, 9.17) is 5.73 Å². The van der Waals surface area contributed by atoms with Crippen molar-refractivity contribution in [2.45, 2.75) is 25.1 Å². The average Bonchev–Trinajstić information content (AvgIpc) is 2.49. The van der Waals surface area contributed by atoms with Crippen molar-refractivity contribution < 1.29 is 0 Å². The van der Waals surface area contributed by atoms with Crippen molar-refractivity contribution in [3.63, 3.8) is 0 Å². The van der Waals surface area contributed by atoms with Gasteiger partial charge in [-0.25, -0.2) is 0 Å². The minimum atomic E-state index is 0.0300. The first-order valence-corrected chi connectivity index (χ1v) is 8.20. The lowest BCUT2D eigenvalue weighted by atomic mass is 9.99. The molecule has 20 heavy (non-hydrogen) atoms. The lowest BCUT2D eigenvalue weighted by Crippen LogP contribution is -2.18. The van der Waals surface area contributed by atoms with Crippen LogP contribution >= 0.6 is 11.8 Å². The molecule has 1 nitrogen and oxygen atoms in total. The lowest BCUT2D eigenvalue weighted by Gasteiger charge is -2.25. The molecule has 0 spiro atoms. The molecule has 0 fully saturated rings. The van der Waals surface area contributed by atoms with Gasteiger partial charge in [0.1, 0.15) is 0 Å². The van der Waals surface area contributed by atoms with Crippen LogP contribution in [0.15, 0.2) is 60.7 Å². The maximum absolute atomic E-state index is 6.54. The van der Waals surface area contributed by atoms with Crippen LogP contribution in [0, 0.1) is 5.92 Å². The summed E-state index contributed by atoms with van der Waals surface area (Å²) in [7, 11) is 0. The van der Waals surface area contributed by atoms with E-state index in [1.165, 1.54) is 11.1 Å². The molecule has 2 rings (SSSR count). The molecule has 0 aliphatic rings. The first kappa shape index (κ1) is 15.1. The largest absolute Gasteiger partial charge is 0.323 e. The standard InChI is InChI=1S/C18H23NS/c1-14(2)13-20-18(16-11-7-4-8-12-16)17(19)15-9-5-3-6-10-15/h3-12,14,17-18H,13,19H2,1-2H3. The summed E-state index contributed by atoms with van der Waals surface area (Å²) in [6.07, 6.45) is 0. The van der Waals surface area contributed by atoms with E-state index < -0.39 is 0 Å². The van der Waals surface area contributed by atoms with Crippen LogP contribution in [0.4, 0.5) is 0 Å². The third-order valence-electron chi connectivity index (χ3n) is 3.25. The van der Waals surface area contributed by atoms with Crippen LogP contribution in [0.5, 0.6) is 0 Å². The molecule has 2 heteroatoms. The summed E-state index contributed by atoms with van der Waals surface area (Å²) in [5, 5.41) is 0.306. The van der Waals surface area contributed by atoms with E-state index in [1.54, 1.807) is 0 Å². The van der Waals surface area contributed by atoms with Gasteiger partial charge in [-0.15, -0.1) is 0 Å². The Bertz CT molecular complexity index is 495. The smallest absolute Gasteiger partial charge is 0.0490 e. The monoisotopic (exact) mass is 285 g/mol. The molecule has 0 saturated carbocycles. The van der Waals surface area contributed by atoms with E-state index in [9.17, 15) is 0 Å². The molecule has 106 valence electrons. The van der Waals surface area contributed by atoms with Crippen molar-refractivity contribution >= 4 is 11.8 Å². The van der Waals surface area contributed by atoms with E-state index in [0.717, 1.165) is 5.75 Å². The molecule has 2 aromatic rings. The van der Waals surface area contributed by atoms with Crippen LogP contribution in [0.2, 0.25) is 0 Å². The molecule has 2 N–H and O–H groups in total. The first-order chi connectivity index (χ1) is 9.68. The normalized spacial score (nSPS) is 14.2. The summed E-state index contributed by atoms with van der Waals surface area (Å²) in [5.41, 5.74) is 9.06. The SMILES string of the molecule is CC(C)CSC(c1ccccc1)C(N)c1ccccc1. The zero-order valence-corrected chi connectivity index (χ0v) is 13.0. The first-order valence-electron chi connectivity index (χ1n) is 7.15. The summed E-state index contributed by atoms with van der Waals surface area (Å²) >= 11 is 1.96. The summed E-state index contributed by atoms with van der Waals surface area (Å²) in [6.45, 7) is 4.51. The maximum Gasteiger partial charge on any atom is 0.0490 e. The molecule has 0 amide bonds. The molecule has 0 saturated heterocycles. The Labute approximate surface area is 126 Å². The molecule has 0 aliphatic heterocycles. The second-order valence-corrected chi connectivity index (χ2v) is 6.67. The molecule has 0 bridgehead atoms. The predicted octanol–water partition coefficient (Wildman–Crippen LogP) is 4.82. The Morgan fingerprint density at radius 1 is 0.850 bits per heavy atom. The van der Waals surface area contributed by atoms with Crippen LogP contribution in [0.25, 0.3) is 0 Å². The van der Waals surface area contributed by atoms with Crippen molar-refractivity contribution in [2.24, 2.45) is 11.7 Å². The van der Waals surface area contributed by atoms with Gasteiger partial charge in [-0.05, 0) is 22.8 Å². The minimum absolute atomic E-state index is 0.0300. The van der Waals surface area contributed by atoms with Crippen molar-refractivity contribution in [1.82, 2.24) is 0 Å². The fraction of sp³-hybridized carbons (Fsp3) is 0.333. The topological polar surface area (TPSA) is 26.0 Å². The van der Waals surface area contributed by atoms with E-state index >= 15 is 0 Å². The molecule has 2 atom stereocenters. The number of rotatable bonds is 6. The van der Waals surface area contributed by atoms with E-state index in [-0.39, 0.29) is 6.04 Å². The molecule has 2 unspecified atom stereocenters. The Kier molecular flexibility index (Phi) is 5.69. The van der Waals surface area contributed by atoms with Crippen LogP contribution in [-0.4, -0.2) is 5.75 Å². The molecule has 2 aromatic carbocycles. The zero-order chi connectivity index (χ0) is 14.4. The van der Waals surface area contributed by atoms with Crippen LogP contribution in [-0.2, 0) is 0 Å². The highest BCUT2D eigenvalue weighted by Crippen LogP contribution is 2.39. The fourth-order valence-corrected chi connectivity index (χ4v) is 3.50. The van der Waals surface area contributed by atoms with Crippen molar-refractivity contribution in [1.29, 1.82) is 0 Å². The minimum Gasteiger partial charge on any atom is -0.323 e. The third kappa shape index (κ3) is 4.12. The summed E-state index contributed by atoms with van der Waals surface area (Å²) in [4.78, 5) is 0. The maximum atomic E-state index is 6.54. The summed E-state index contributed by atoms with van der Waals surface area (Å²) < 4.78 is 0. The predicted molar refractivity (Wildman–Crippen MR) is 89.8 cm³/mol. The number of hydrogen-bond donors (Lipinski definition) is 1. The van der Waals surface area contributed by atoms with Gasteiger partial charge in [0.15, 0.2) is 0 Å². The highest BCUT2D eigenvalue weighted by Gasteiger charge is 2.21. The van der Waals surface area contributed by atoms with Gasteiger partial charge >= 0.3 is 0 Å². The van der Waals surface area contributed by atoms with Crippen molar-refractivity contribution in [3.05, 3.63) is 71.8 Å². The molecule has 0 radical (unpaired) electrons. The quantitative estimate of drug-likeness (QED) is 0.823. The average molecular weight is 285 g/mol. The highest BCUT2D eigenvalue weighted by atomic mass is 32.2. The Morgan fingerprint density at radius 2 is 1.35 bits per heavy atom. The highest BCUT2D eigenvalue weighted by molar-refractivity contribution is 7.99. The number of hydrogen-bond acceptors (Lipinski definition) is 2. The van der Waals surface area contributed by atoms with Gasteiger partial charge in [0.2, 0.25) is 0 Å². The van der Waals surface area contributed by atoms with Crippen LogP contribution < -0.4 is 5.73 Å². The van der Waals surface area contributed by atoms with Gasteiger partial charge in [-0.1, -0.05) is 74.5 Å². The van der Waals surface area contributed by atoms with Gasteiger partial charge in [0, 0.05) is 11.3 Å². The van der Waals surface area contributed by atoms with Crippen molar-refractivity contribution in [3.8, 4) is 0 Å². The van der Waals surface area contributed by atoms with Crippen LogP contribution in [0.3, 0.4) is 0 Å². The Morgan fingerprint density at radius 3 is 1.85 bits per heavy atom. The summed E-state index contributed by atoms with van der Waals surface area (Å²) in [6, 6.07) is 21.0. The zero-order valence-electron chi connectivity index (χ0n) is 12.2. The van der Waals surface area contributed by atoms with E-state index in [1.807, 2.05) is 17.8 Å². The molecule has 0 aromatic heterocycles. The van der Waals surface area contributed by atoms with Gasteiger partial charge < -0.3 is 5.73 Å².